The summed E-state index contributed by atoms with van der Waals surface area (Å²) in [6, 6.07) is 12.8. The van der Waals surface area contributed by atoms with Gasteiger partial charge in [0.15, 0.2) is 0 Å². The maximum absolute atomic E-state index is 12.2. The van der Waals surface area contributed by atoms with Crippen LogP contribution in [0, 0.1) is 0 Å². The van der Waals surface area contributed by atoms with Crippen molar-refractivity contribution < 1.29 is 14.1 Å². The number of pyridine rings is 1. The molecule has 4 heteroatoms. The molecule has 0 aliphatic rings. The fourth-order valence-electron chi connectivity index (χ4n) is 1.62. The highest BCUT2D eigenvalue weighted by molar-refractivity contribution is 5.84. The Morgan fingerprint density at radius 2 is 1.72 bits per heavy atom. The van der Waals surface area contributed by atoms with Crippen LogP contribution >= 0.6 is 0 Å². The van der Waals surface area contributed by atoms with E-state index in [4.69, 9.17) is 4.74 Å². The molecule has 0 spiro atoms. The van der Waals surface area contributed by atoms with Gasteiger partial charge in [0.1, 0.15) is 11.4 Å². The van der Waals surface area contributed by atoms with E-state index in [0.29, 0.717) is 0 Å². The average Bonchev–Trinajstić information content (AvgIpc) is 2.47. The van der Waals surface area contributed by atoms with Crippen molar-refractivity contribution in [3.63, 3.8) is 0 Å². The molecule has 2 aromatic rings. The molecule has 0 N–H and O–H groups in total. The van der Waals surface area contributed by atoms with Gasteiger partial charge in [-0.3, -0.25) is 0 Å². The average molecular weight is 243 g/mol. The van der Waals surface area contributed by atoms with E-state index in [1.807, 2.05) is 42.5 Å². The van der Waals surface area contributed by atoms with Gasteiger partial charge in [-0.25, -0.2) is 0 Å². The lowest BCUT2D eigenvalue weighted by Gasteiger charge is -2.09. The minimum Gasteiger partial charge on any atom is -0.497 e. The van der Waals surface area contributed by atoms with Crippen LogP contribution in [0.3, 0.4) is 0 Å². The summed E-state index contributed by atoms with van der Waals surface area (Å²) in [5.41, 5.74) is 0.817. The van der Waals surface area contributed by atoms with Crippen molar-refractivity contribution in [3.05, 3.63) is 54.9 Å². The number of hydrogen-bond acceptors (Lipinski definition) is 2. The van der Waals surface area contributed by atoms with Crippen LogP contribution in [0.5, 0.6) is 5.75 Å². The summed E-state index contributed by atoms with van der Waals surface area (Å²) in [5, 5.41) is 0. The molecule has 18 heavy (non-hydrogen) atoms. The standard InChI is InChI=1S/C14H15N2O2/c1-15(12-6-8-13(18-2)9-7-12)14(17)16-10-4-3-5-11-16/h3-11H,1-2H3/q+1. The number of methoxy groups -OCH3 is 1. The van der Waals surface area contributed by atoms with Crippen LogP contribution in [-0.4, -0.2) is 20.2 Å². The van der Waals surface area contributed by atoms with Crippen LogP contribution in [-0.2, 0) is 0 Å². The van der Waals surface area contributed by atoms with E-state index in [1.165, 1.54) is 4.57 Å². The zero-order chi connectivity index (χ0) is 13.0. The smallest absolute Gasteiger partial charge is 0.497 e. The maximum atomic E-state index is 12.2. The molecule has 0 saturated heterocycles. The summed E-state index contributed by atoms with van der Waals surface area (Å²) in [5.74, 6) is 0.770. The third-order valence-corrected chi connectivity index (χ3v) is 2.68. The molecule has 1 heterocycles. The van der Waals surface area contributed by atoms with E-state index in [-0.39, 0.29) is 6.03 Å². The molecule has 1 amide bonds. The van der Waals surface area contributed by atoms with Gasteiger partial charge < -0.3 is 4.74 Å². The lowest BCUT2D eigenvalue weighted by Crippen LogP contribution is -2.50. The van der Waals surface area contributed by atoms with Crippen molar-refractivity contribution in [2.24, 2.45) is 0 Å². The number of rotatable bonds is 2. The lowest BCUT2D eigenvalue weighted by molar-refractivity contribution is -0.569. The summed E-state index contributed by atoms with van der Waals surface area (Å²) in [4.78, 5) is 13.7. The van der Waals surface area contributed by atoms with Crippen molar-refractivity contribution in [2.45, 2.75) is 0 Å². The molecule has 0 bridgehead atoms. The molecule has 1 aromatic heterocycles. The van der Waals surface area contributed by atoms with Gasteiger partial charge in [0.25, 0.3) is 0 Å². The Balaban J connectivity index is 2.20. The highest BCUT2D eigenvalue weighted by Crippen LogP contribution is 2.17. The van der Waals surface area contributed by atoms with Crippen LogP contribution < -0.4 is 14.2 Å². The van der Waals surface area contributed by atoms with E-state index < -0.39 is 0 Å². The summed E-state index contributed by atoms with van der Waals surface area (Å²) in [7, 11) is 3.35. The fourth-order valence-corrected chi connectivity index (χ4v) is 1.62. The minimum atomic E-state index is -0.110. The number of anilines is 1. The van der Waals surface area contributed by atoms with E-state index in [1.54, 1.807) is 31.5 Å². The van der Waals surface area contributed by atoms with E-state index in [2.05, 4.69) is 0 Å². The Morgan fingerprint density at radius 3 is 2.28 bits per heavy atom. The quantitative estimate of drug-likeness (QED) is 0.757. The molecule has 0 saturated carbocycles. The number of amides is 1. The first kappa shape index (κ1) is 12.1. The first-order valence-corrected chi connectivity index (χ1v) is 5.61. The SMILES string of the molecule is COc1ccc(N(C)C(=O)[n+]2ccccc2)cc1. The van der Waals surface area contributed by atoms with E-state index in [0.717, 1.165) is 11.4 Å². The van der Waals surface area contributed by atoms with Gasteiger partial charge in [-0.1, -0.05) is 6.07 Å². The van der Waals surface area contributed by atoms with E-state index in [9.17, 15) is 4.79 Å². The normalized spacial score (nSPS) is 9.89. The molecule has 0 aliphatic heterocycles. The molecular formula is C14H15N2O2+. The molecule has 2 rings (SSSR count). The van der Waals surface area contributed by atoms with Gasteiger partial charge in [0, 0.05) is 0 Å². The van der Waals surface area contributed by atoms with Crippen molar-refractivity contribution in [2.75, 3.05) is 19.1 Å². The Bertz CT molecular complexity index is 523. The monoisotopic (exact) mass is 243 g/mol. The zero-order valence-electron chi connectivity index (χ0n) is 10.4. The molecule has 0 fully saturated rings. The van der Waals surface area contributed by atoms with Gasteiger partial charge in [0.05, 0.1) is 26.6 Å². The topological polar surface area (TPSA) is 33.4 Å². The first-order valence-electron chi connectivity index (χ1n) is 5.61. The summed E-state index contributed by atoms with van der Waals surface area (Å²) < 4.78 is 6.62. The number of hydrogen-bond donors (Lipinski definition) is 0. The highest BCUT2D eigenvalue weighted by atomic mass is 16.5. The summed E-state index contributed by atoms with van der Waals surface area (Å²) >= 11 is 0. The van der Waals surface area contributed by atoms with Crippen molar-refractivity contribution in [3.8, 4) is 5.75 Å². The number of aromatic nitrogens is 1. The van der Waals surface area contributed by atoms with Crippen LogP contribution in [0.25, 0.3) is 0 Å². The predicted molar refractivity (Wildman–Crippen MR) is 68.8 cm³/mol. The van der Waals surface area contributed by atoms with Gasteiger partial charge in [-0.2, -0.15) is 14.3 Å². The van der Waals surface area contributed by atoms with Gasteiger partial charge in [0.2, 0.25) is 0 Å². The maximum Gasteiger partial charge on any atom is 0.502 e. The summed E-state index contributed by atoms with van der Waals surface area (Å²) in [6.07, 6.45) is 3.45. The highest BCUT2D eigenvalue weighted by Gasteiger charge is 2.21. The molecule has 1 aromatic carbocycles. The number of carbonyl (C=O) groups excluding carboxylic acids is 1. The van der Waals surface area contributed by atoms with Gasteiger partial charge in [-0.15, -0.1) is 0 Å². The van der Waals surface area contributed by atoms with E-state index >= 15 is 0 Å². The second-order valence-corrected chi connectivity index (χ2v) is 3.82. The van der Waals surface area contributed by atoms with Crippen LogP contribution in [0.4, 0.5) is 10.5 Å². The Kier molecular flexibility index (Phi) is 3.57. The number of nitrogens with zero attached hydrogens (tertiary/aromatic N) is 2. The van der Waals surface area contributed by atoms with Crippen molar-refractivity contribution in [1.29, 1.82) is 0 Å². The third-order valence-electron chi connectivity index (χ3n) is 2.68. The molecule has 0 radical (unpaired) electrons. The first-order chi connectivity index (χ1) is 8.72. The molecule has 4 nitrogen and oxygen atoms in total. The zero-order valence-corrected chi connectivity index (χ0v) is 10.4. The molecule has 0 aliphatic carbocycles. The van der Waals surface area contributed by atoms with Crippen molar-refractivity contribution >= 4 is 11.7 Å². The van der Waals surface area contributed by atoms with Crippen LogP contribution in [0.15, 0.2) is 54.9 Å². The molecular weight excluding hydrogens is 228 g/mol. The van der Waals surface area contributed by atoms with Crippen molar-refractivity contribution in [1.82, 2.24) is 0 Å². The van der Waals surface area contributed by atoms with Crippen LogP contribution in [0.1, 0.15) is 0 Å². The van der Waals surface area contributed by atoms with Gasteiger partial charge in [-0.05, 0) is 36.4 Å². The Morgan fingerprint density at radius 1 is 1.11 bits per heavy atom. The third kappa shape index (κ3) is 2.48. The van der Waals surface area contributed by atoms with Gasteiger partial charge >= 0.3 is 6.03 Å². The number of ether oxygens (including phenoxy) is 1. The molecule has 0 unspecified atom stereocenters. The number of benzene rings is 1. The lowest BCUT2D eigenvalue weighted by atomic mass is 10.3. The Hall–Kier alpha value is -2.36. The predicted octanol–water partition coefficient (Wildman–Crippen LogP) is 2.09. The second-order valence-electron chi connectivity index (χ2n) is 3.82. The summed E-state index contributed by atoms with van der Waals surface area (Å²) in [6.45, 7) is 0. The fraction of sp³-hybridized carbons (Fsp3) is 0.143. The second kappa shape index (κ2) is 5.31. The Labute approximate surface area is 106 Å². The van der Waals surface area contributed by atoms with Crippen LogP contribution in [0.2, 0.25) is 0 Å². The minimum absolute atomic E-state index is 0.110. The number of carbonyl (C=O) groups is 1. The largest absolute Gasteiger partial charge is 0.502 e. The molecule has 92 valence electrons. The molecule has 0 atom stereocenters.